The monoisotopic (exact) mass is 572 g/mol. The van der Waals surface area contributed by atoms with E-state index in [2.05, 4.69) is 74.7 Å². The lowest BCUT2D eigenvalue weighted by Gasteiger charge is -2.23. The van der Waals surface area contributed by atoms with Crippen LogP contribution in [-0.2, 0) is 16.2 Å². The first-order chi connectivity index (χ1) is 16.2. The summed E-state index contributed by atoms with van der Waals surface area (Å²) < 4.78 is 91.9. The molecule has 0 radical (unpaired) electrons. The Morgan fingerprint density at radius 3 is 1.09 bits per heavy atom. The van der Waals surface area contributed by atoms with Gasteiger partial charge in [-0.25, -0.2) is 26.1 Å². The van der Waals surface area contributed by atoms with Gasteiger partial charge in [0.1, 0.15) is 0 Å². The molecule has 0 spiro atoms. The van der Waals surface area contributed by atoms with Crippen LogP contribution in [0.15, 0.2) is 24.3 Å². The summed E-state index contributed by atoms with van der Waals surface area (Å²) in [5.41, 5.74) is 1.39. The Bertz CT molecular complexity index is 878. The van der Waals surface area contributed by atoms with Gasteiger partial charge < -0.3 is 0 Å². The van der Waals surface area contributed by atoms with Crippen LogP contribution in [0.4, 0.5) is 26.1 Å². The van der Waals surface area contributed by atoms with Gasteiger partial charge in [-0.15, -0.1) is 8.93 Å². The minimum absolute atomic E-state index is 0. The number of benzene rings is 2. The van der Waals surface area contributed by atoms with Crippen molar-refractivity contribution in [3.8, 4) is 0 Å². The van der Waals surface area contributed by atoms with Crippen LogP contribution >= 0.6 is 35.3 Å². The van der Waals surface area contributed by atoms with Crippen molar-refractivity contribution in [1.82, 2.24) is 0 Å². The fraction of sp³-hybridized carbons (Fsp3) is 0.500. The minimum Gasteiger partial charge on any atom is -0.226 e. The molecule has 4 unspecified atom stereocenters. The van der Waals surface area contributed by atoms with E-state index in [0.29, 0.717) is 0 Å². The average molecular weight is 572 g/mol. The molecule has 2 rings (SSSR count). The molecule has 0 fully saturated rings. The van der Waals surface area contributed by atoms with Crippen LogP contribution in [-0.4, -0.2) is 1.28 Å². The van der Waals surface area contributed by atoms with E-state index in [0.717, 1.165) is 0 Å². The van der Waals surface area contributed by atoms with Crippen molar-refractivity contribution < 1.29 is 29.1 Å². The van der Waals surface area contributed by atoms with Crippen LogP contribution in [0.5, 0.6) is 0 Å². The second kappa shape index (κ2) is 14.5. The van der Waals surface area contributed by atoms with E-state index in [4.69, 9.17) is 4.25 Å². The molecule has 0 saturated carbocycles. The van der Waals surface area contributed by atoms with Crippen molar-refractivity contribution in [3.05, 3.63) is 70.0 Å². The summed E-state index contributed by atoms with van der Waals surface area (Å²) in [7, 11) is 0.427. The highest BCUT2D eigenvalue weighted by Gasteiger charge is 2.31. The van der Waals surface area contributed by atoms with E-state index in [-0.39, 0.29) is 28.7 Å². The van der Waals surface area contributed by atoms with E-state index in [1.165, 1.54) is 31.9 Å². The van der Waals surface area contributed by atoms with E-state index in [1.807, 2.05) is 0 Å². The highest BCUT2D eigenvalue weighted by Crippen LogP contribution is 2.43. The van der Waals surface area contributed by atoms with Gasteiger partial charge in [0.25, 0.3) is 0 Å². The highest BCUT2D eigenvalue weighted by atomic mass is 32.4. The van der Waals surface area contributed by atoms with Crippen molar-refractivity contribution >= 4 is 35.3 Å². The topological polar surface area (TPSA) is 0 Å². The van der Waals surface area contributed by atoms with E-state index >= 15 is 0 Å². The van der Waals surface area contributed by atoms with Gasteiger partial charge in [0.15, 0.2) is 23.3 Å². The van der Waals surface area contributed by atoms with Gasteiger partial charge in [0.05, 0.1) is 9.80 Å². The van der Waals surface area contributed by atoms with Crippen molar-refractivity contribution in [2.75, 3.05) is 0 Å². The summed E-state index contributed by atoms with van der Waals surface area (Å²) >= 11 is 0. The summed E-state index contributed by atoms with van der Waals surface area (Å²) in [5.74, 6) is -9.46. The molecule has 198 valence electrons. The summed E-state index contributed by atoms with van der Waals surface area (Å²) in [6, 6.07) is 9.00. The van der Waals surface area contributed by atoms with Gasteiger partial charge in [0.2, 0.25) is 5.82 Å². The Labute approximate surface area is 214 Å². The Balaban J connectivity index is -0.000000491. The van der Waals surface area contributed by atoms with Gasteiger partial charge in [-0.1, -0.05) is 86.6 Å². The highest BCUT2D eigenvalue weighted by molar-refractivity contribution is 8.37. The Morgan fingerprint density at radius 2 is 0.912 bits per heavy atom. The van der Waals surface area contributed by atoms with Crippen molar-refractivity contribution in [1.29, 1.82) is 1.28 Å². The molecule has 0 aliphatic carbocycles. The van der Waals surface area contributed by atoms with E-state index in [9.17, 15) is 26.1 Å². The molecule has 34 heavy (non-hydrogen) atoms. The third-order valence-electron chi connectivity index (χ3n) is 4.63. The number of hydrogen-bond acceptors (Lipinski definition) is 0. The predicted octanol–water partition coefficient (Wildman–Crippen LogP) is 10.2. The molecule has 0 nitrogen and oxygen atoms in total. The van der Waals surface area contributed by atoms with Gasteiger partial charge in [-0.05, 0) is 35.3 Å². The molecule has 0 aromatic heterocycles. The van der Waals surface area contributed by atoms with Gasteiger partial charge in [0, 0.05) is 8.53 Å². The lowest BCUT2D eigenvalue weighted by atomic mass is 9.82. The predicted molar refractivity (Wildman–Crippen MR) is 149 cm³/mol. The fourth-order valence-electron chi connectivity index (χ4n) is 2.73. The lowest BCUT2D eigenvalue weighted by molar-refractivity contribution is 0.353. The molecule has 0 aliphatic rings. The summed E-state index contributed by atoms with van der Waals surface area (Å²) in [4.78, 5) is 0. The molecule has 0 heterocycles. The van der Waals surface area contributed by atoms with Crippen LogP contribution in [0.2, 0.25) is 0 Å². The average Bonchev–Trinajstić information content (AvgIpc) is 2.76. The number of halogens is 6. The Morgan fingerprint density at radius 1 is 0.676 bits per heavy atom. The maximum absolute atomic E-state index is 13.2. The second-order valence-corrected chi connectivity index (χ2v) is 14.5. The van der Waals surface area contributed by atoms with E-state index in [1.54, 1.807) is 0 Å². The summed E-state index contributed by atoms with van der Waals surface area (Å²) in [6.07, 6.45) is 0. The SMILES string of the molecule is CC(C)(C)c1c(F)c(F)c(F)c(F)c1F.CC(C)(C)c1ccc(C(C)(C)C)cc1.P.[3H]P(F)PP.[3H][3H]. The third-order valence-corrected chi connectivity index (χ3v) is 5.89. The van der Waals surface area contributed by atoms with Gasteiger partial charge in [-0.3, -0.25) is 0 Å². The number of rotatable bonds is 1. The summed E-state index contributed by atoms with van der Waals surface area (Å²) in [5, 5.41) is 0. The van der Waals surface area contributed by atoms with Crippen molar-refractivity contribution in [2.24, 2.45) is 0 Å². The van der Waals surface area contributed by atoms with Crippen LogP contribution in [0.3, 0.4) is 0 Å². The first-order valence-electron chi connectivity index (χ1n) is 11.6. The van der Waals surface area contributed by atoms with Gasteiger partial charge in [-0.2, -0.15) is 9.90 Å². The van der Waals surface area contributed by atoms with Crippen LogP contribution in [0.25, 0.3) is 0 Å². The maximum atomic E-state index is 13.2. The number of hydrogen-bond donors (Lipinski definition) is 0. The Hall–Kier alpha value is -0.260. The molecule has 0 saturated heterocycles. The second-order valence-electron chi connectivity index (χ2n) is 10.5. The van der Waals surface area contributed by atoms with Crippen LogP contribution < -0.4 is 0 Å². The zero-order chi connectivity index (χ0) is 29.2. The third kappa shape index (κ3) is 10.8. The Kier molecular flexibility index (Phi) is 13.5. The van der Waals surface area contributed by atoms with Gasteiger partial charge >= 0.3 is 0 Å². The van der Waals surface area contributed by atoms with E-state index < -0.39 is 48.6 Å². The lowest BCUT2D eigenvalue weighted by Crippen LogP contribution is -2.20. The quantitative estimate of drug-likeness (QED) is 0.138. The molecule has 2 aromatic rings. The molecule has 10 heteroatoms. The maximum Gasteiger partial charge on any atom is 0.200 e. The van der Waals surface area contributed by atoms with Crippen LogP contribution in [0.1, 0.15) is 82.0 Å². The standard InChI is InChI=1S/C14H22.C10H9F5.FH4P3.H3P.H2/c1-13(2,3)11-7-9-12(10-8-11)14(4,5)6;1-10(2,3)4-5(11)7(13)9(15)8(14)6(4)12;1-3-4-2;;/h7-10H,1-6H3;1-3H3;3-4H,2H2;1H3;1H/i;;3T;;1+2T. The molecule has 0 bridgehead atoms. The van der Waals surface area contributed by atoms with Crippen molar-refractivity contribution in [2.45, 2.75) is 78.6 Å². The molecule has 0 aliphatic heterocycles. The minimum atomic E-state index is -2.13. The fourth-order valence-corrected chi connectivity index (χ4v) is 2.73. The molecule has 0 N–H and O–H groups in total. The van der Waals surface area contributed by atoms with Crippen LogP contribution in [0, 0.1) is 29.1 Å². The zero-order valence-electron chi connectivity index (χ0n) is 24.3. The molecular formula is C24H40F6P4. The smallest absolute Gasteiger partial charge is 0.200 e. The summed E-state index contributed by atoms with van der Waals surface area (Å²) in [6.45, 7) is 17.6. The largest absolute Gasteiger partial charge is 0.226 e. The normalized spacial score (nSPS) is 13.5. The zero-order valence-corrected chi connectivity index (χ0v) is 25.8. The first kappa shape index (κ1) is 31.8. The molecule has 4 atom stereocenters. The molecule has 2 aromatic carbocycles. The van der Waals surface area contributed by atoms with Crippen molar-refractivity contribution in [3.63, 3.8) is 0 Å². The first-order valence-corrected chi connectivity index (χ1v) is 14.6. The molecule has 0 amide bonds. The molecular weight excluding hydrogens is 526 g/mol.